The number of aromatic hydroxyl groups is 1. The first-order valence-corrected chi connectivity index (χ1v) is 9.17. The lowest BCUT2D eigenvalue weighted by atomic mass is 9.54. The van der Waals surface area contributed by atoms with Crippen molar-refractivity contribution in [1.82, 2.24) is 0 Å². The summed E-state index contributed by atoms with van der Waals surface area (Å²) in [6.07, 6.45) is 2.26. The number of benzene rings is 1. The number of para-hydroxylation sites is 1. The van der Waals surface area contributed by atoms with Crippen LogP contribution in [0.5, 0.6) is 5.75 Å². The van der Waals surface area contributed by atoms with Crippen molar-refractivity contribution >= 4 is 0 Å². The van der Waals surface area contributed by atoms with E-state index in [0.717, 1.165) is 11.1 Å². The predicted octanol–water partition coefficient (Wildman–Crippen LogP) is 5.65. The van der Waals surface area contributed by atoms with Crippen LogP contribution >= 0.6 is 0 Å². The molecule has 2 heteroatoms. The van der Waals surface area contributed by atoms with Crippen molar-refractivity contribution in [2.24, 2.45) is 16.2 Å². The molecule has 1 aromatic rings. The molecular formula is C23H34O2. The standard InChI is InChI=1S/C23H34O2/c1-15-13-23(22(6,7)8,14-17-11-9-10-12-18(17)24)20(25)19(16(15)2)21(3,4)5/h9-13,20,24-25H,14H2,1-8H3. The first-order valence-electron chi connectivity index (χ1n) is 9.17. The van der Waals surface area contributed by atoms with E-state index >= 15 is 0 Å². The summed E-state index contributed by atoms with van der Waals surface area (Å²) in [6, 6.07) is 7.47. The maximum Gasteiger partial charge on any atom is 0.118 e. The maximum absolute atomic E-state index is 11.6. The third kappa shape index (κ3) is 3.42. The van der Waals surface area contributed by atoms with E-state index in [9.17, 15) is 10.2 Å². The lowest BCUT2D eigenvalue weighted by Crippen LogP contribution is -2.50. The molecule has 0 saturated carbocycles. The largest absolute Gasteiger partial charge is 0.508 e. The van der Waals surface area contributed by atoms with Crippen molar-refractivity contribution in [1.29, 1.82) is 0 Å². The van der Waals surface area contributed by atoms with Crippen LogP contribution in [0.3, 0.4) is 0 Å². The number of phenolic OH excluding ortho intramolecular Hbond substituents is 1. The molecule has 2 N–H and O–H groups in total. The van der Waals surface area contributed by atoms with Gasteiger partial charge in [-0.05, 0) is 53.9 Å². The summed E-state index contributed by atoms with van der Waals surface area (Å²) in [4.78, 5) is 0. The van der Waals surface area contributed by atoms with Gasteiger partial charge in [0.2, 0.25) is 0 Å². The number of hydrogen-bond acceptors (Lipinski definition) is 2. The molecule has 0 amide bonds. The average molecular weight is 343 g/mol. The van der Waals surface area contributed by atoms with E-state index in [1.54, 1.807) is 6.07 Å². The molecule has 2 atom stereocenters. The molecule has 0 radical (unpaired) electrons. The number of rotatable bonds is 2. The topological polar surface area (TPSA) is 40.5 Å². The van der Waals surface area contributed by atoms with Gasteiger partial charge in [-0.15, -0.1) is 0 Å². The third-order valence-electron chi connectivity index (χ3n) is 5.91. The van der Waals surface area contributed by atoms with Gasteiger partial charge in [-0.2, -0.15) is 0 Å². The second kappa shape index (κ2) is 6.32. The molecule has 0 spiro atoms. The van der Waals surface area contributed by atoms with Crippen LogP contribution < -0.4 is 0 Å². The van der Waals surface area contributed by atoms with Crippen molar-refractivity contribution in [2.45, 2.75) is 67.9 Å². The molecule has 138 valence electrons. The highest BCUT2D eigenvalue weighted by atomic mass is 16.3. The fourth-order valence-electron chi connectivity index (χ4n) is 4.24. The summed E-state index contributed by atoms with van der Waals surface area (Å²) in [5.41, 5.74) is 3.64. The SMILES string of the molecule is CC1=CC(Cc2ccccc2O)(C(C)(C)C)C(O)C(C(C)(C)C)=C1C. The number of aliphatic hydroxyl groups excluding tert-OH is 1. The summed E-state index contributed by atoms with van der Waals surface area (Å²) in [7, 11) is 0. The monoisotopic (exact) mass is 342 g/mol. The van der Waals surface area contributed by atoms with E-state index in [2.05, 4.69) is 61.5 Å². The van der Waals surface area contributed by atoms with Gasteiger partial charge in [-0.25, -0.2) is 0 Å². The van der Waals surface area contributed by atoms with Crippen LogP contribution in [0.2, 0.25) is 0 Å². The molecule has 25 heavy (non-hydrogen) atoms. The Morgan fingerprint density at radius 3 is 2.04 bits per heavy atom. The molecule has 2 rings (SSSR count). The Hall–Kier alpha value is -1.54. The van der Waals surface area contributed by atoms with Crippen molar-refractivity contribution < 1.29 is 10.2 Å². The molecule has 0 bridgehead atoms. The van der Waals surface area contributed by atoms with Gasteiger partial charge in [0.05, 0.1) is 6.10 Å². The summed E-state index contributed by atoms with van der Waals surface area (Å²) in [5.74, 6) is 0.299. The summed E-state index contributed by atoms with van der Waals surface area (Å²) < 4.78 is 0. The van der Waals surface area contributed by atoms with E-state index in [4.69, 9.17) is 0 Å². The first kappa shape index (κ1) is 19.8. The van der Waals surface area contributed by atoms with E-state index in [1.165, 1.54) is 11.1 Å². The van der Waals surface area contributed by atoms with Crippen LogP contribution in [-0.2, 0) is 6.42 Å². The second-order valence-corrected chi connectivity index (χ2v) is 9.61. The molecule has 0 heterocycles. The third-order valence-corrected chi connectivity index (χ3v) is 5.91. The smallest absolute Gasteiger partial charge is 0.118 e. The molecule has 1 aromatic carbocycles. The van der Waals surface area contributed by atoms with Crippen LogP contribution in [0.25, 0.3) is 0 Å². The minimum Gasteiger partial charge on any atom is -0.508 e. The zero-order chi connectivity index (χ0) is 19.2. The molecule has 2 unspecified atom stereocenters. The fourth-order valence-corrected chi connectivity index (χ4v) is 4.24. The number of phenols is 1. The number of allylic oxidation sites excluding steroid dienone is 2. The molecule has 0 aliphatic heterocycles. The van der Waals surface area contributed by atoms with E-state index in [-0.39, 0.29) is 10.8 Å². The first-order chi connectivity index (χ1) is 11.3. The van der Waals surface area contributed by atoms with E-state index < -0.39 is 11.5 Å². The van der Waals surface area contributed by atoms with Gasteiger partial charge < -0.3 is 10.2 Å². The van der Waals surface area contributed by atoms with Crippen molar-refractivity contribution in [3.05, 3.63) is 52.6 Å². The Bertz CT molecular complexity index is 710. The van der Waals surface area contributed by atoms with Crippen molar-refractivity contribution in [2.75, 3.05) is 0 Å². The van der Waals surface area contributed by atoms with Gasteiger partial charge in [-0.1, -0.05) is 71.4 Å². The van der Waals surface area contributed by atoms with Crippen LogP contribution in [0, 0.1) is 16.2 Å². The number of hydrogen-bond donors (Lipinski definition) is 2. The maximum atomic E-state index is 11.6. The van der Waals surface area contributed by atoms with Crippen LogP contribution in [-0.4, -0.2) is 16.3 Å². The summed E-state index contributed by atoms with van der Waals surface area (Å²) in [5, 5.41) is 21.9. The highest BCUT2D eigenvalue weighted by molar-refractivity contribution is 5.47. The lowest BCUT2D eigenvalue weighted by molar-refractivity contribution is -0.00860. The minimum absolute atomic E-state index is 0.117. The highest BCUT2D eigenvalue weighted by Gasteiger charge is 2.51. The quantitative estimate of drug-likeness (QED) is 0.729. The van der Waals surface area contributed by atoms with E-state index in [0.29, 0.717) is 12.2 Å². The minimum atomic E-state index is -0.587. The second-order valence-electron chi connectivity index (χ2n) is 9.61. The Morgan fingerprint density at radius 2 is 1.56 bits per heavy atom. The number of aliphatic hydroxyl groups is 1. The van der Waals surface area contributed by atoms with Gasteiger partial charge in [0, 0.05) is 5.41 Å². The Labute approximate surface area is 153 Å². The van der Waals surface area contributed by atoms with Crippen molar-refractivity contribution in [3.63, 3.8) is 0 Å². The Balaban J connectivity index is 2.69. The Kier molecular flexibility index (Phi) is 5.00. The van der Waals surface area contributed by atoms with Gasteiger partial charge in [-0.3, -0.25) is 0 Å². The summed E-state index contributed by atoms with van der Waals surface area (Å²) in [6.45, 7) is 17.3. The zero-order valence-corrected chi connectivity index (χ0v) is 17.1. The zero-order valence-electron chi connectivity index (χ0n) is 17.1. The highest BCUT2D eigenvalue weighted by Crippen LogP contribution is 2.54. The van der Waals surface area contributed by atoms with Crippen molar-refractivity contribution in [3.8, 4) is 5.75 Å². The van der Waals surface area contributed by atoms with Crippen LogP contribution in [0.15, 0.2) is 47.1 Å². The molecule has 0 saturated heterocycles. The van der Waals surface area contributed by atoms with Crippen LogP contribution in [0.4, 0.5) is 0 Å². The van der Waals surface area contributed by atoms with Gasteiger partial charge in [0.1, 0.15) is 5.75 Å². The van der Waals surface area contributed by atoms with E-state index in [1.807, 2.05) is 18.2 Å². The molecule has 2 nitrogen and oxygen atoms in total. The van der Waals surface area contributed by atoms with Crippen LogP contribution in [0.1, 0.15) is 61.0 Å². The normalized spacial score (nSPS) is 25.2. The molecule has 0 fully saturated rings. The fraction of sp³-hybridized carbons (Fsp3) is 0.565. The molecule has 1 aliphatic rings. The molecule has 0 aromatic heterocycles. The van der Waals surface area contributed by atoms with Gasteiger partial charge in [0.25, 0.3) is 0 Å². The molecule has 1 aliphatic carbocycles. The molecular weight excluding hydrogens is 308 g/mol. The lowest BCUT2D eigenvalue weighted by Gasteiger charge is -2.52. The van der Waals surface area contributed by atoms with Gasteiger partial charge >= 0.3 is 0 Å². The van der Waals surface area contributed by atoms with Gasteiger partial charge in [0.15, 0.2) is 0 Å². The predicted molar refractivity (Wildman–Crippen MR) is 106 cm³/mol. The summed E-state index contributed by atoms with van der Waals surface area (Å²) >= 11 is 0. The average Bonchev–Trinajstić information content (AvgIpc) is 2.44. The Morgan fingerprint density at radius 1 is 1.00 bits per heavy atom.